The summed E-state index contributed by atoms with van der Waals surface area (Å²) in [6, 6.07) is 16.7. The topological polar surface area (TPSA) is 67.4 Å². The predicted molar refractivity (Wildman–Crippen MR) is 127 cm³/mol. The highest BCUT2D eigenvalue weighted by Crippen LogP contribution is 2.33. The SMILES string of the molecule is COc1c(Cl)cc(Cl)cc1/C=C/C(=O)Nc1cccc(NC(=O)c2ccccc2Cl)c1. The minimum absolute atomic E-state index is 0.344. The van der Waals surface area contributed by atoms with Gasteiger partial charge in [0.25, 0.3) is 5.91 Å². The van der Waals surface area contributed by atoms with Gasteiger partial charge in [0.2, 0.25) is 5.91 Å². The van der Waals surface area contributed by atoms with Gasteiger partial charge in [-0.3, -0.25) is 9.59 Å². The normalized spacial score (nSPS) is 10.7. The van der Waals surface area contributed by atoms with Gasteiger partial charge in [0, 0.05) is 28.0 Å². The van der Waals surface area contributed by atoms with Crippen LogP contribution in [0.3, 0.4) is 0 Å². The molecule has 0 aliphatic carbocycles. The Morgan fingerprint density at radius 2 is 1.58 bits per heavy atom. The molecule has 3 rings (SSSR count). The largest absolute Gasteiger partial charge is 0.495 e. The van der Waals surface area contributed by atoms with E-state index in [1.165, 1.54) is 13.2 Å². The van der Waals surface area contributed by atoms with Crippen molar-refractivity contribution >= 4 is 64.1 Å². The number of rotatable bonds is 6. The van der Waals surface area contributed by atoms with E-state index >= 15 is 0 Å². The smallest absolute Gasteiger partial charge is 0.257 e. The molecule has 8 heteroatoms. The third-order valence-corrected chi connectivity index (χ3v) is 4.99. The minimum Gasteiger partial charge on any atom is -0.495 e. The van der Waals surface area contributed by atoms with Crippen LogP contribution < -0.4 is 15.4 Å². The molecule has 0 aliphatic rings. The Morgan fingerprint density at radius 3 is 2.29 bits per heavy atom. The first-order valence-electron chi connectivity index (χ1n) is 9.05. The summed E-state index contributed by atoms with van der Waals surface area (Å²) in [7, 11) is 1.48. The Hall–Kier alpha value is -2.99. The molecule has 0 aliphatic heterocycles. The number of hydrogen-bond donors (Lipinski definition) is 2. The summed E-state index contributed by atoms with van der Waals surface area (Å²) in [6.07, 6.45) is 2.88. The van der Waals surface area contributed by atoms with Crippen molar-refractivity contribution in [1.29, 1.82) is 0 Å². The molecule has 0 atom stereocenters. The van der Waals surface area contributed by atoms with E-state index < -0.39 is 0 Å². The zero-order valence-electron chi connectivity index (χ0n) is 16.3. The lowest BCUT2D eigenvalue weighted by Gasteiger charge is -2.09. The fourth-order valence-electron chi connectivity index (χ4n) is 2.79. The van der Waals surface area contributed by atoms with Crippen molar-refractivity contribution in [3.05, 3.63) is 92.9 Å². The second-order valence-corrected chi connectivity index (χ2v) is 7.60. The van der Waals surface area contributed by atoms with Crippen LogP contribution in [0.25, 0.3) is 6.08 Å². The highest BCUT2D eigenvalue weighted by atomic mass is 35.5. The molecule has 2 amide bonds. The van der Waals surface area contributed by atoms with Gasteiger partial charge in [0.15, 0.2) is 0 Å². The summed E-state index contributed by atoms with van der Waals surface area (Å²) < 4.78 is 5.26. The highest BCUT2D eigenvalue weighted by molar-refractivity contribution is 6.36. The van der Waals surface area contributed by atoms with Gasteiger partial charge in [-0.25, -0.2) is 0 Å². The average Bonchev–Trinajstić information content (AvgIpc) is 2.72. The molecular formula is C23H17Cl3N2O3. The lowest BCUT2D eigenvalue weighted by atomic mass is 10.2. The van der Waals surface area contributed by atoms with Crippen LogP contribution in [0.2, 0.25) is 15.1 Å². The van der Waals surface area contributed by atoms with E-state index in [0.717, 1.165) is 0 Å². The summed E-state index contributed by atoms with van der Waals surface area (Å²) in [5.41, 5.74) is 1.93. The van der Waals surface area contributed by atoms with Gasteiger partial charge < -0.3 is 15.4 Å². The van der Waals surface area contributed by atoms with Crippen LogP contribution in [0.15, 0.2) is 66.7 Å². The number of methoxy groups -OCH3 is 1. The van der Waals surface area contributed by atoms with Crippen molar-refractivity contribution in [3.8, 4) is 5.75 Å². The summed E-state index contributed by atoms with van der Waals surface area (Å²) in [6.45, 7) is 0. The van der Waals surface area contributed by atoms with Crippen LogP contribution in [0.5, 0.6) is 5.75 Å². The molecule has 0 radical (unpaired) electrons. The fraction of sp³-hybridized carbons (Fsp3) is 0.0435. The first-order chi connectivity index (χ1) is 14.9. The first kappa shape index (κ1) is 22.7. The van der Waals surface area contributed by atoms with Crippen LogP contribution in [0.4, 0.5) is 11.4 Å². The summed E-state index contributed by atoms with van der Waals surface area (Å²) >= 11 is 18.2. The molecule has 0 bridgehead atoms. The van der Waals surface area contributed by atoms with Crippen LogP contribution in [0, 0.1) is 0 Å². The van der Waals surface area contributed by atoms with E-state index in [1.54, 1.807) is 66.7 Å². The Morgan fingerprint density at radius 1 is 0.871 bits per heavy atom. The maximum Gasteiger partial charge on any atom is 0.257 e. The molecule has 3 aromatic rings. The van der Waals surface area contributed by atoms with Crippen LogP contribution in [-0.2, 0) is 4.79 Å². The number of hydrogen-bond acceptors (Lipinski definition) is 3. The molecule has 0 heterocycles. The van der Waals surface area contributed by atoms with E-state index in [4.69, 9.17) is 39.5 Å². The Bertz CT molecular complexity index is 1160. The summed E-state index contributed by atoms with van der Waals surface area (Å²) in [5, 5.41) is 6.61. The quantitative estimate of drug-likeness (QED) is 0.397. The Kier molecular flexibility index (Phi) is 7.58. The Balaban J connectivity index is 1.70. The van der Waals surface area contributed by atoms with Crippen LogP contribution in [-0.4, -0.2) is 18.9 Å². The van der Waals surface area contributed by atoms with E-state index in [1.807, 2.05) is 0 Å². The second kappa shape index (κ2) is 10.4. The predicted octanol–water partition coefficient (Wildman–Crippen LogP) is 6.56. The van der Waals surface area contributed by atoms with E-state index in [0.29, 0.717) is 43.3 Å². The van der Waals surface area contributed by atoms with Crippen molar-refractivity contribution in [2.75, 3.05) is 17.7 Å². The maximum absolute atomic E-state index is 12.4. The van der Waals surface area contributed by atoms with Gasteiger partial charge in [0.05, 0.1) is 22.7 Å². The fourth-order valence-corrected chi connectivity index (χ4v) is 3.60. The van der Waals surface area contributed by atoms with Crippen LogP contribution in [0.1, 0.15) is 15.9 Å². The number of benzene rings is 3. The van der Waals surface area contributed by atoms with Gasteiger partial charge in [-0.05, 0) is 48.5 Å². The van der Waals surface area contributed by atoms with Gasteiger partial charge >= 0.3 is 0 Å². The Labute approximate surface area is 194 Å². The first-order valence-corrected chi connectivity index (χ1v) is 10.2. The van der Waals surface area contributed by atoms with Gasteiger partial charge in [-0.2, -0.15) is 0 Å². The third kappa shape index (κ3) is 6.01. The maximum atomic E-state index is 12.4. The van der Waals surface area contributed by atoms with Gasteiger partial charge in [0.1, 0.15) is 5.75 Å². The third-order valence-electron chi connectivity index (χ3n) is 4.16. The second-order valence-electron chi connectivity index (χ2n) is 6.35. The molecule has 0 saturated carbocycles. The van der Waals surface area contributed by atoms with E-state index in [-0.39, 0.29) is 11.8 Å². The number of nitrogens with one attached hydrogen (secondary N) is 2. The van der Waals surface area contributed by atoms with Crippen molar-refractivity contribution in [2.45, 2.75) is 0 Å². The molecule has 0 fully saturated rings. The number of carbonyl (C=O) groups excluding carboxylic acids is 2. The summed E-state index contributed by atoms with van der Waals surface area (Å²) in [4.78, 5) is 24.8. The monoisotopic (exact) mass is 474 g/mol. The van der Waals surface area contributed by atoms with E-state index in [9.17, 15) is 9.59 Å². The number of amides is 2. The molecule has 0 unspecified atom stereocenters. The number of halogens is 3. The van der Waals surface area contributed by atoms with Crippen molar-refractivity contribution in [3.63, 3.8) is 0 Å². The number of anilines is 2. The van der Waals surface area contributed by atoms with Crippen molar-refractivity contribution in [1.82, 2.24) is 0 Å². The molecule has 3 aromatic carbocycles. The number of ether oxygens (including phenoxy) is 1. The lowest BCUT2D eigenvalue weighted by molar-refractivity contribution is -0.111. The number of carbonyl (C=O) groups is 2. The molecule has 0 saturated heterocycles. The molecule has 31 heavy (non-hydrogen) atoms. The van der Waals surface area contributed by atoms with Gasteiger partial charge in [-0.15, -0.1) is 0 Å². The van der Waals surface area contributed by atoms with Crippen LogP contribution >= 0.6 is 34.8 Å². The molecule has 0 aromatic heterocycles. The van der Waals surface area contributed by atoms with Crippen molar-refractivity contribution in [2.24, 2.45) is 0 Å². The van der Waals surface area contributed by atoms with E-state index in [2.05, 4.69) is 10.6 Å². The van der Waals surface area contributed by atoms with Gasteiger partial charge in [-0.1, -0.05) is 53.0 Å². The summed E-state index contributed by atoms with van der Waals surface area (Å²) in [5.74, 6) is -0.314. The average molecular weight is 476 g/mol. The highest BCUT2D eigenvalue weighted by Gasteiger charge is 2.11. The molecule has 0 spiro atoms. The standard InChI is InChI=1S/C23H17Cl3N2O3/c1-31-22-14(11-15(24)12-20(22)26)9-10-21(29)27-16-5-4-6-17(13-16)28-23(30)18-7-2-3-8-19(18)25/h2-13H,1H3,(H,27,29)(H,28,30)/b10-9+. The lowest BCUT2D eigenvalue weighted by Crippen LogP contribution is -2.13. The zero-order valence-corrected chi connectivity index (χ0v) is 18.6. The molecular weight excluding hydrogens is 459 g/mol. The molecule has 158 valence electrons. The van der Waals surface area contributed by atoms with Crippen molar-refractivity contribution < 1.29 is 14.3 Å². The molecule has 5 nitrogen and oxygen atoms in total. The minimum atomic E-state index is -0.382. The zero-order chi connectivity index (χ0) is 22.4. The molecule has 2 N–H and O–H groups in total.